The van der Waals surface area contributed by atoms with Gasteiger partial charge in [0.1, 0.15) is 17.3 Å². The maximum Gasteiger partial charge on any atom is 0.238 e. The fourth-order valence-electron chi connectivity index (χ4n) is 3.00. The molecule has 3 rings (SSSR count). The Balaban J connectivity index is 1.76. The van der Waals surface area contributed by atoms with Crippen molar-refractivity contribution in [2.45, 2.75) is 19.0 Å². The zero-order valence-electron chi connectivity index (χ0n) is 13.3. The minimum absolute atomic E-state index is 0.199. The number of nitrogens with zero attached hydrogens (tertiary/aromatic N) is 1. The number of nitrogens with one attached hydrogen (secondary N) is 1. The van der Waals surface area contributed by atoms with Crippen molar-refractivity contribution in [2.24, 2.45) is 5.73 Å². The summed E-state index contributed by atoms with van der Waals surface area (Å²) in [5.74, 6) is -2.87. The molecule has 1 aliphatic heterocycles. The number of primary amides is 1. The van der Waals surface area contributed by atoms with Crippen LogP contribution in [0.3, 0.4) is 0 Å². The second kappa shape index (κ2) is 6.98. The largest absolute Gasteiger partial charge is 0.368 e. The first-order valence-corrected chi connectivity index (χ1v) is 7.79. The third-order valence-corrected chi connectivity index (χ3v) is 4.25. The highest BCUT2D eigenvalue weighted by Gasteiger charge is 2.31. The number of anilines is 1. The summed E-state index contributed by atoms with van der Waals surface area (Å²) in [7, 11) is 0. The van der Waals surface area contributed by atoms with Crippen LogP contribution in [0.15, 0.2) is 42.5 Å². The molecule has 2 amide bonds. The van der Waals surface area contributed by atoms with E-state index >= 15 is 0 Å². The van der Waals surface area contributed by atoms with Crippen LogP contribution in [-0.4, -0.2) is 29.3 Å². The van der Waals surface area contributed by atoms with Crippen LogP contribution in [0.2, 0.25) is 0 Å². The molecule has 0 aliphatic carbocycles. The van der Waals surface area contributed by atoms with E-state index in [4.69, 9.17) is 5.73 Å². The molecule has 1 unspecified atom stereocenters. The average Bonchev–Trinajstić information content (AvgIpc) is 2.57. The van der Waals surface area contributed by atoms with Gasteiger partial charge in [0.15, 0.2) is 0 Å². The number of benzene rings is 2. The van der Waals surface area contributed by atoms with Crippen LogP contribution in [-0.2, 0) is 22.6 Å². The molecule has 130 valence electrons. The molecule has 0 fully saturated rings. The molecule has 1 atom stereocenters. The SMILES string of the molecule is NC(=O)C1Cc2ccccc2CN1CC(=O)Nc1c(F)cccc1F. The first-order chi connectivity index (χ1) is 12.0. The summed E-state index contributed by atoms with van der Waals surface area (Å²) >= 11 is 0. The summed E-state index contributed by atoms with van der Waals surface area (Å²) in [5, 5.41) is 2.23. The smallest absolute Gasteiger partial charge is 0.238 e. The highest BCUT2D eigenvalue weighted by molar-refractivity contribution is 5.93. The van der Waals surface area contributed by atoms with E-state index < -0.39 is 35.2 Å². The van der Waals surface area contributed by atoms with Gasteiger partial charge in [-0.3, -0.25) is 14.5 Å². The van der Waals surface area contributed by atoms with Crippen molar-refractivity contribution in [3.8, 4) is 0 Å². The van der Waals surface area contributed by atoms with Crippen molar-refractivity contribution in [3.05, 3.63) is 65.2 Å². The van der Waals surface area contributed by atoms with Gasteiger partial charge in [-0.05, 0) is 29.7 Å². The third-order valence-electron chi connectivity index (χ3n) is 4.25. The van der Waals surface area contributed by atoms with Crippen LogP contribution in [0.25, 0.3) is 0 Å². The molecule has 5 nitrogen and oxygen atoms in total. The molecule has 7 heteroatoms. The van der Waals surface area contributed by atoms with Crippen molar-refractivity contribution >= 4 is 17.5 Å². The summed E-state index contributed by atoms with van der Waals surface area (Å²) in [4.78, 5) is 25.6. The average molecular weight is 345 g/mol. The van der Waals surface area contributed by atoms with E-state index in [9.17, 15) is 18.4 Å². The minimum atomic E-state index is -0.858. The van der Waals surface area contributed by atoms with Crippen LogP contribution in [0, 0.1) is 11.6 Å². The Morgan fingerprint density at radius 1 is 1.08 bits per heavy atom. The molecule has 0 saturated heterocycles. The number of carbonyl (C=O) groups is 2. The normalized spacial score (nSPS) is 17.0. The van der Waals surface area contributed by atoms with Crippen LogP contribution in [0.1, 0.15) is 11.1 Å². The quantitative estimate of drug-likeness (QED) is 0.887. The van der Waals surface area contributed by atoms with Gasteiger partial charge >= 0.3 is 0 Å². The van der Waals surface area contributed by atoms with Gasteiger partial charge in [0, 0.05) is 6.54 Å². The Morgan fingerprint density at radius 3 is 2.36 bits per heavy atom. The lowest BCUT2D eigenvalue weighted by Crippen LogP contribution is -2.51. The topological polar surface area (TPSA) is 75.4 Å². The molecule has 0 aromatic heterocycles. The van der Waals surface area contributed by atoms with E-state index in [1.165, 1.54) is 6.07 Å². The molecule has 25 heavy (non-hydrogen) atoms. The molecular formula is C18H17F2N3O2. The number of amides is 2. The van der Waals surface area contributed by atoms with Gasteiger partial charge in [-0.2, -0.15) is 0 Å². The molecule has 0 radical (unpaired) electrons. The fraction of sp³-hybridized carbons (Fsp3) is 0.222. The highest BCUT2D eigenvalue weighted by Crippen LogP contribution is 2.23. The van der Waals surface area contributed by atoms with E-state index in [1.54, 1.807) is 4.90 Å². The monoisotopic (exact) mass is 345 g/mol. The van der Waals surface area contributed by atoms with E-state index in [1.807, 2.05) is 24.3 Å². The number of nitrogens with two attached hydrogens (primary N) is 1. The summed E-state index contributed by atoms with van der Waals surface area (Å²) in [6.07, 6.45) is 0.396. The number of para-hydroxylation sites is 1. The van der Waals surface area contributed by atoms with Crippen molar-refractivity contribution in [1.29, 1.82) is 0 Å². The van der Waals surface area contributed by atoms with Crippen LogP contribution >= 0.6 is 0 Å². The van der Waals surface area contributed by atoms with Gasteiger partial charge in [0.05, 0.1) is 12.6 Å². The zero-order chi connectivity index (χ0) is 18.0. The first kappa shape index (κ1) is 17.0. The maximum absolute atomic E-state index is 13.6. The molecule has 2 aromatic rings. The number of halogens is 2. The summed E-state index contributed by atoms with van der Waals surface area (Å²) in [5.41, 5.74) is 6.95. The maximum atomic E-state index is 13.6. The Morgan fingerprint density at radius 2 is 1.72 bits per heavy atom. The third kappa shape index (κ3) is 3.66. The van der Waals surface area contributed by atoms with Gasteiger partial charge in [-0.1, -0.05) is 30.3 Å². The molecule has 0 bridgehead atoms. The highest BCUT2D eigenvalue weighted by atomic mass is 19.1. The lowest BCUT2D eigenvalue weighted by molar-refractivity contribution is -0.125. The molecule has 3 N–H and O–H groups in total. The minimum Gasteiger partial charge on any atom is -0.368 e. The Hall–Kier alpha value is -2.80. The van der Waals surface area contributed by atoms with E-state index in [-0.39, 0.29) is 6.54 Å². The Labute approximate surface area is 143 Å². The second-order valence-corrected chi connectivity index (χ2v) is 5.94. The number of carbonyl (C=O) groups excluding carboxylic acids is 2. The predicted octanol–water partition coefficient (Wildman–Crippen LogP) is 1.82. The van der Waals surface area contributed by atoms with Gasteiger partial charge in [0.25, 0.3) is 0 Å². The molecule has 1 heterocycles. The van der Waals surface area contributed by atoms with Crippen LogP contribution in [0.4, 0.5) is 14.5 Å². The van der Waals surface area contributed by atoms with Gasteiger partial charge in [-0.25, -0.2) is 8.78 Å². The molecular weight excluding hydrogens is 328 g/mol. The zero-order valence-corrected chi connectivity index (χ0v) is 13.3. The molecule has 1 aliphatic rings. The lowest BCUT2D eigenvalue weighted by atomic mass is 9.93. The summed E-state index contributed by atoms with van der Waals surface area (Å²) < 4.78 is 27.3. The van der Waals surface area contributed by atoms with E-state index in [2.05, 4.69) is 5.32 Å². The molecule has 2 aromatic carbocycles. The van der Waals surface area contributed by atoms with Crippen molar-refractivity contribution in [1.82, 2.24) is 4.90 Å². The molecule has 0 spiro atoms. The van der Waals surface area contributed by atoms with Crippen molar-refractivity contribution in [3.63, 3.8) is 0 Å². The van der Waals surface area contributed by atoms with E-state index in [0.717, 1.165) is 23.3 Å². The number of rotatable bonds is 4. The lowest BCUT2D eigenvalue weighted by Gasteiger charge is -2.34. The van der Waals surface area contributed by atoms with Gasteiger partial charge in [-0.15, -0.1) is 0 Å². The number of hydrogen-bond donors (Lipinski definition) is 2. The van der Waals surface area contributed by atoms with Crippen LogP contribution in [0.5, 0.6) is 0 Å². The fourth-order valence-corrected chi connectivity index (χ4v) is 3.00. The van der Waals surface area contributed by atoms with Crippen molar-refractivity contribution in [2.75, 3.05) is 11.9 Å². The second-order valence-electron chi connectivity index (χ2n) is 5.94. The summed E-state index contributed by atoms with van der Waals surface area (Å²) in [6.45, 7) is 0.159. The van der Waals surface area contributed by atoms with Gasteiger partial charge in [0.2, 0.25) is 11.8 Å². The first-order valence-electron chi connectivity index (χ1n) is 7.79. The number of fused-ring (bicyclic) bond motifs is 1. The summed E-state index contributed by atoms with van der Waals surface area (Å²) in [6, 6.07) is 10.3. The standard InChI is InChI=1S/C18H17F2N3O2/c19-13-6-3-7-14(20)17(13)22-16(24)10-23-9-12-5-2-1-4-11(12)8-15(23)18(21)25/h1-7,15H,8-10H2,(H2,21,25)(H,22,24). The molecule has 0 saturated carbocycles. The van der Waals surface area contributed by atoms with Gasteiger partial charge < -0.3 is 11.1 Å². The van der Waals surface area contributed by atoms with Crippen LogP contribution < -0.4 is 11.1 Å². The Bertz CT molecular complexity index is 805. The number of hydrogen-bond acceptors (Lipinski definition) is 3. The van der Waals surface area contributed by atoms with E-state index in [0.29, 0.717) is 13.0 Å². The Kier molecular flexibility index (Phi) is 4.76. The predicted molar refractivity (Wildman–Crippen MR) is 88.5 cm³/mol. The van der Waals surface area contributed by atoms with Crippen molar-refractivity contribution < 1.29 is 18.4 Å².